The average molecular weight is 1200 g/mol. The number of non-ortho nitro benzene ring substituents is 1. The number of nitro groups is 1. The van der Waals surface area contributed by atoms with Crippen molar-refractivity contribution in [3.63, 3.8) is 0 Å². The van der Waals surface area contributed by atoms with Gasteiger partial charge in [0.1, 0.15) is 23.6 Å². The Morgan fingerprint density at radius 2 is 0.845 bits per heavy atom. The van der Waals surface area contributed by atoms with Crippen LogP contribution in [0.2, 0.25) is 10.0 Å². The summed E-state index contributed by atoms with van der Waals surface area (Å²) in [6.07, 6.45) is 0. The van der Waals surface area contributed by atoms with Crippen molar-refractivity contribution in [2.75, 3.05) is 0 Å². The van der Waals surface area contributed by atoms with Crippen LogP contribution in [0.3, 0.4) is 0 Å². The molecule has 379 valence electrons. The first kappa shape index (κ1) is 74.6. The van der Waals surface area contributed by atoms with Gasteiger partial charge in [0, 0.05) is 65.3 Å². The number of amides is 8. The molecule has 2 aliphatic heterocycles. The molecule has 0 fully saturated rings. The standard InChI is InChI=1S/C17H18Cl2F2N4O4.C17H19F2N5O6.BF2NO2.3Fe.2Na.H2O/c1-15(2)11(26)22-9-5-7(18)8(19)6-10(9)23-12(27)16(3,4)25-14(29)17(20,21)13(28)24-15;1-15(2)11(25)20-9-6-5-8(24(29)30)7-10(9)21-12(26)16(3,4)23-14(28)17(18,19)13(27)22-15;2-1(3)5-6-4;;;;;;/h5-6H,1-4H3,(H4,22,23,24,25,26,27,28,29);5-7H,1-4H3,(H4,20,21,22,23,25,26,27,28);;;;;;;1H2/q;;;;2*+4;;+1;/p-7. The van der Waals surface area contributed by atoms with Gasteiger partial charge in [0.25, 0.3) is 5.69 Å². The van der Waals surface area contributed by atoms with Gasteiger partial charge in [-0.2, -0.15) is 17.6 Å². The van der Waals surface area contributed by atoms with E-state index in [4.69, 9.17) is 23.2 Å². The van der Waals surface area contributed by atoms with E-state index in [9.17, 15) is 74.7 Å². The van der Waals surface area contributed by atoms with Crippen LogP contribution in [-0.2, 0) is 104 Å². The van der Waals surface area contributed by atoms with Crippen molar-refractivity contribution in [1.29, 1.82) is 0 Å². The largest absolute Gasteiger partial charge is 4.00 e. The molecule has 0 bridgehead atoms. The Morgan fingerprint density at radius 1 is 0.577 bits per heavy atom. The van der Waals surface area contributed by atoms with E-state index in [1.54, 1.807) is 0 Å². The molecule has 2 aliphatic rings. The van der Waals surface area contributed by atoms with Gasteiger partial charge in [0.15, 0.2) is 0 Å². The molecule has 0 unspecified atom stereocenters. The van der Waals surface area contributed by atoms with Gasteiger partial charge in [0.05, 0.1) is 15.0 Å². The fourth-order valence-electron chi connectivity index (χ4n) is 4.22. The van der Waals surface area contributed by atoms with E-state index in [2.05, 4.69) is 72.3 Å². The van der Waals surface area contributed by atoms with Crippen molar-refractivity contribution in [2.24, 2.45) is 4.13 Å². The van der Waals surface area contributed by atoms with Gasteiger partial charge in [0.2, 0.25) is 0 Å². The fraction of sp³-hybridized carbons (Fsp3) is 0.412. The minimum absolute atomic E-state index is 0. The minimum Gasteiger partial charge on any atom is -0.457 e. The summed E-state index contributed by atoms with van der Waals surface area (Å²) in [6, 6.07) is 5.11. The number of halogens is 8. The molecule has 23 nitrogen and oxygen atoms in total. The van der Waals surface area contributed by atoms with Crippen LogP contribution in [-0.4, -0.2) is 123 Å². The maximum atomic E-state index is 14.2. The Bertz CT molecular complexity index is 2300. The van der Waals surface area contributed by atoms with E-state index in [0.717, 1.165) is 85.7 Å². The van der Waals surface area contributed by atoms with E-state index < -0.39 is 105 Å². The molecule has 0 saturated carbocycles. The number of rotatable bonds is 4. The smallest absolute Gasteiger partial charge is 0.457 e. The summed E-state index contributed by atoms with van der Waals surface area (Å²) in [4.78, 5) is 114. The zero-order valence-corrected chi connectivity index (χ0v) is 46.8. The van der Waals surface area contributed by atoms with Gasteiger partial charge in [-0.25, -0.2) is 0 Å². The number of fused-ring (bicyclic) bond motifs is 2. The van der Waals surface area contributed by atoms with Gasteiger partial charge >= 0.3 is 121 Å². The molecule has 0 saturated heterocycles. The topological polar surface area (TPSA) is 356 Å². The maximum absolute atomic E-state index is 14.2. The Labute approximate surface area is 482 Å². The summed E-state index contributed by atoms with van der Waals surface area (Å²) in [5.41, 5.74) is -10.0. The van der Waals surface area contributed by atoms with Crippen LogP contribution in [0.25, 0.3) is 42.5 Å². The summed E-state index contributed by atoms with van der Waals surface area (Å²) >= 11 is 14.5. The Balaban J connectivity index is -0.000000524. The Kier molecular flexibility index (Phi) is 30.7. The number of carbonyl (C=O) groups excluding carboxylic acids is 8. The predicted molar refractivity (Wildman–Crippen MR) is 225 cm³/mol. The summed E-state index contributed by atoms with van der Waals surface area (Å²) in [7, 11) is -2.95. The van der Waals surface area contributed by atoms with Gasteiger partial charge in [-0.1, -0.05) is 119 Å². The molecule has 4 rings (SSSR count). The second kappa shape index (κ2) is 29.2. The van der Waals surface area contributed by atoms with Crippen LogP contribution >= 0.6 is 23.2 Å². The zero-order chi connectivity index (χ0) is 51.1. The fourth-order valence-corrected chi connectivity index (χ4v) is 4.58. The van der Waals surface area contributed by atoms with Crippen molar-refractivity contribution in [2.45, 2.75) is 89.4 Å². The number of nitro benzene ring substituents is 1. The molecule has 2 heterocycles. The third kappa shape index (κ3) is 20.4. The maximum Gasteiger partial charge on any atom is 4.00 e. The van der Waals surface area contributed by atoms with Gasteiger partial charge in [-0.3, -0.25) is 10.1 Å². The first-order chi connectivity index (χ1) is 29.9. The van der Waals surface area contributed by atoms with Crippen LogP contribution in [0, 0.1) is 10.1 Å². The molecule has 1 radical (unpaired) electrons. The van der Waals surface area contributed by atoms with Gasteiger partial charge in [-0.15, -0.1) is 22.7 Å². The number of benzene rings is 2. The number of carbonyl (C=O) groups is 8. The minimum atomic E-state index is -4.73. The van der Waals surface area contributed by atoms with E-state index in [1.807, 2.05) is 0 Å². The molecule has 71 heavy (non-hydrogen) atoms. The van der Waals surface area contributed by atoms with Gasteiger partial charge in [-0.05, 0) is 0 Å². The molecule has 0 aromatic heterocycles. The van der Waals surface area contributed by atoms with E-state index in [-0.39, 0.29) is 126 Å². The monoisotopic (exact) mass is 1200 g/mol. The molecule has 8 amide bonds. The summed E-state index contributed by atoms with van der Waals surface area (Å²) in [5.74, 6) is -22.9. The van der Waals surface area contributed by atoms with Crippen molar-refractivity contribution in [3.05, 3.63) is 93.0 Å². The first-order valence-electron chi connectivity index (χ1n) is 17.5. The van der Waals surface area contributed by atoms with Crippen LogP contribution in [0.4, 0.5) is 54.6 Å². The van der Waals surface area contributed by atoms with Gasteiger partial charge < -0.3 is 86.4 Å². The number of alkyl halides is 4. The van der Waals surface area contributed by atoms with E-state index >= 15 is 0 Å². The van der Waals surface area contributed by atoms with Crippen LogP contribution < -0.4 is 29.6 Å². The van der Waals surface area contributed by atoms with E-state index in [1.165, 1.54) is 0 Å². The van der Waals surface area contributed by atoms with Crippen LogP contribution in [0.1, 0.15) is 55.4 Å². The molecular weight excluding hydrogens is 1170 g/mol. The summed E-state index contributed by atoms with van der Waals surface area (Å²) in [5, 5.41) is 38.1. The normalized spacial score (nSPS) is 18.3. The molecule has 3 N–H and O–H groups in total. The predicted octanol–water partition coefficient (Wildman–Crippen LogP) is 4.93. The van der Waals surface area contributed by atoms with Crippen molar-refractivity contribution in [1.82, 2.24) is 0 Å². The van der Waals surface area contributed by atoms with Crippen LogP contribution in [0.15, 0.2) is 34.5 Å². The quantitative estimate of drug-likeness (QED) is 0.0748. The van der Waals surface area contributed by atoms with E-state index in [0.29, 0.717) is 0 Å². The third-order valence-corrected chi connectivity index (χ3v) is 8.71. The number of hydrogen-bond donors (Lipinski definition) is 0. The zero-order valence-electron chi connectivity index (χ0n) is 38.0. The second-order valence-corrected chi connectivity index (χ2v) is 15.9. The molecule has 2 aromatic rings. The molecule has 2 aromatic carbocycles. The third-order valence-electron chi connectivity index (χ3n) is 7.91. The number of hydrogen-bond acceptors (Lipinski definition) is 13. The average Bonchev–Trinajstić information content (AvgIpc) is 3.18. The summed E-state index contributed by atoms with van der Waals surface area (Å²) < 4.78 is 80.8. The number of nitrogens with zero attached hydrogens (tertiary/aromatic N) is 10. The van der Waals surface area contributed by atoms with Crippen molar-refractivity contribution < 1.29 is 164 Å². The summed E-state index contributed by atoms with van der Waals surface area (Å²) in [6.45, 7) is 8.19. The molecule has 37 heteroatoms. The SMILES string of the molecule is CC1(C)[N-]C(=O)C(F)(F)C(=O)[N-]C(C)(C)C(=O)[N-]c2cc(Cl)c(Cl)cc2[N-]C1=O.CC1(C)[N-]C(=O)C(F)(F)C(=O)[N-]C(C)(C)C(=O)[N-]c2cc([N+](=O)[O-])ccc2[N-]C1=O.FB(F)OO[N]=[Fe].[Fe+4].[Fe+4].[Na+].[Na].[OH3+]. The first-order valence-corrected chi connectivity index (χ1v) is 18.8. The molecular formula is C34H32BCl2F6Fe3N10Na2O13+2. The second-order valence-electron chi connectivity index (χ2n) is 14.9. The molecule has 0 atom stereocenters. The molecule has 0 spiro atoms. The Morgan fingerprint density at radius 3 is 1.08 bits per heavy atom. The van der Waals surface area contributed by atoms with Crippen molar-refractivity contribution in [3.8, 4) is 0 Å². The Hall–Kier alpha value is -2.94. The van der Waals surface area contributed by atoms with Crippen LogP contribution in [0.5, 0.6) is 0 Å². The van der Waals surface area contributed by atoms with Crippen molar-refractivity contribution >= 4 is 136 Å². The molecule has 0 aliphatic carbocycles.